The molecule has 0 spiro atoms. The minimum absolute atomic E-state index is 0.0963. The molecule has 0 amide bonds. The number of rotatable bonds is 6. The molecule has 1 aliphatic heterocycles. The van der Waals surface area contributed by atoms with Gasteiger partial charge in [-0.15, -0.1) is 0 Å². The average Bonchev–Trinajstić information content (AvgIpc) is 2.28. The SMILES string of the molecule is COP(=O)(C=O)CC1CCOC(OC(C)C)C1. The Labute approximate surface area is 102 Å². The predicted molar refractivity (Wildman–Crippen MR) is 64.9 cm³/mol. The van der Waals surface area contributed by atoms with Gasteiger partial charge >= 0.3 is 0 Å². The summed E-state index contributed by atoms with van der Waals surface area (Å²) >= 11 is 0. The third-order valence-corrected chi connectivity index (χ3v) is 4.73. The highest BCUT2D eigenvalue weighted by atomic mass is 31.2. The van der Waals surface area contributed by atoms with Gasteiger partial charge in [0.15, 0.2) is 6.29 Å². The molecule has 0 aromatic heterocycles. The summed E-state index contributed by atoms with van der Waals surface area (Å²) in [4.78, 5) is 10.7. The molecule has 0 radical (unpaired) electrons. The van der Waals surface area contributed by atoms with Gasteiger partial charge in [0.2, 0.25) is 6.03 Å². The Bertz CT molecular complexity index is 292. The molecule has 0 bridgehead atoms. The first-order valence-corrected chi connectivity index (χ1v) is 7.75. The van der Waals surface area contributed by atoms with Crippen molar-refractivity contribution in [2.24, 2.45) is 5.92 Å². The van der Waals surface area contributed by atoms with Gasteiger partial charge in [-0.2, -0.15) is 0 Å². The third kappa shape index (κ3) is 4.88. The monoisotopic (exact) mass is 264 g/mol. The van der Waals surface area contributed by atoms with E-state index in [0.717, 1.165) is 6.42 Å². The van der Waals surface area contributed by atoms with Crippen LogP contribution in [0.5, 0.6) is 0 Å². The zero-order valence-corrected chi connectivity index (χ0v) is 11.5. The summed E-state index contributed by atoms with van der Waals surface area (Å²) in [7, 11) is -1.79. The normalized spacial score (nSPS) is 28.9. The summed E-state index contributed by atoms with van der Waals surface area (Å²) in [6, 6.07) is 0.445. The molecule has 3 unspecified atom stereocenters. The summed E-state index contributed by atoms with van der Waals surface area (Å²) in [6.07, 6.45) is 1.58. The van der Waals surface area contributed by atoms with Crippen molar-refractivity contribution in [3.8, 4) is 0 Å². The fraction of sp³-hybridized carbons (Fsp3) is 0.909. The Morgan fingerprint density at radius 2 is 2.24 bits per heavy atom. The van der Waals surface area contributed by atoms with Crippen LogP contribution < -0.4 is 0 Å². The van der Waals surface area contributed by atoms with Crippen molar-refractivity contribution in [2.75, 3.05) is 19.9 Å². The Hall–Kier alpha value is -0.220. The average molecular weight is 264 g/mol. The van der Waals surface area contributed by atoms with Crippen molar-refractivity contribution in [1.82, 2.24) is 0 Å². The Morgan fingerprint density at radius 3 is 2.76 bits per heavy atom. The third-order valence-electron chi connectivity index (χ3n) is 2.76. The van der Waals surface area contributed by atoms with Gasteiger partial charge in [0.1, 0.15) is 0 Å². The molecule has 1 heterocycles. The zero-order valence-electron chi connectivity index (χ0n) is 10.6. The summed E-state index contributed by atoms with van der Waals surface area (Å²) in [5.74, 6) is 0.156. The molecule has 0 aromatic rings. The van der Waals surface area contributed by atoms with Crippen molar-refractivity contribution >= 4 is 13.4 Å². The van der Waals surface area contributed by atoms with Crippen LogP contribution in [0.4, 0.5) is 0 Å². The molecule has 0 aromatic carbocycles. The van der Waals surface area contributed by atoms with Crippen LogP contribution >= 0.6 is 7.37 Å². The van der Waals surface area contributed by atoms with Crippen molar-refractivity contribution in [3.05, 3.63) is 0 Å². The second kappa shape index (κ2) is 6.64. The van der Waals surface area contributed by atoms with Crippen molar-refractivity contribution < 1.29 is 23.4 Å². The first kappa shape index (κ1) is 14.8. The lowest BCUT2D eigenvalue weighted by Gasteiger charge is -2.31. The zero-order chi connectivity index (χ0) is 12.9. The lowest BCUT2D eigenvalue weighted by molar-refractivity contribution is -0.189. The molecule has 6 heteroatoms. The van der Waals surface area contributed by atoms with Gasteiger partial charge in [-0.1, -0.05) is 0 Å². The molecule has 1 aliphatic rings. The van der Waals surface area contributed by atoms with E-state index >= 15 is 0 Å². The van der Waals surface area contributed by atoms with E-state index in [2.05, 4.69) is 0 Å². The molecule has 0 N–H and O–H groups in total. The summed E-state index contributed by atoms with van der Waals surface area (Å²) in [6.45, 7) is 4.46. The Morgan fingerprint density at radius 1 is 1.53 bits per heavy atom. The quantitative estimate of drug-likeness (QED) is 0.544. The Kier molecular flexibility index (Phi) is 5.80. The van der Waals surface area contributed by atoms with Crippen LogP contribution in [0.2, 0.25) is 0 Å². The van der Waals surface area contributed by atoms with E-state index < -0.39 is 7.37 Å². The van der Waals surface area contributed by atoms with Crippen LogP contribution in [0.1, 0.15) is 26.7 Å². The highest BCUT2D eigenvalue weighted by Gasteiger charge is 2.31. The number of ether oxygens (including phenoxy) is 2. The fourth-order valence-electron chi connectivity index (χ4n) is 1.91. The van der Waals surface area contributed by atoms with Crippen LogP contribution in [-0.4, -0.2) is 38.3 Å². The summed E-state index contributed by atoms with van der Waals surface area (Å²) in [5.41, 5.74) is 0. The number of hydrogen-bond acceptors (Lipinski definition) is 5. The van der Waals surface area contributed by atoms with Crippen LogP contribution in [-0.2, 0) is 23.4 Å². The molecule has 3 atom stereocenters. The minimum Gasteiger partial charge on any atom is -0.353 e. The van der Waals surface area contributed by atoms with E-state index in [1.807, 2.05) is 13.8 Å². The van der Waals surface area contributed by atoms with Gasteiger partial charge in [-0.05, 0) is 26.2 Å². The van der Waals surface area contributed by atoms with Gasteiger partial charge in [0, 0.05) is 19.7 Å². The Balaban J connectivity index is 2.49. The number of hydrogen-bond donors (Lipinski definition) is 0. The minimum atomic E-state index is -3.10. The van der Waals surface area contributed by atoms with E-state index in [1.165, 1.54) is 7.11 Å². The van der Waals surface area contributed by atoms with Crippen LogP contribution in [0, 0.1) is 5.92 Å². The van der Waals surface area contributed by atoms with E-state index in [-0.39, 0.29) is 24.5 Å². The molecule has 1 saturated heterocycles. The first-order valence-electron chi connectivity index (χ1n) is 5.87. The van der Waals surface area contributed by atoms with E-state index in [1.54, 1.807) is 0 Å². The van der Waals surface area contributed by atoms with Crippen molar-refractivity contribution in [1.29, 1.82) is 0 Å². The smallest absolute Gasteiger partial charge is 0.263 e. The van der Waals surface area contributed by atoms with E-state index in [9.17, 15) is 9.36 Å². The summed E-state index contributed by atoms with van der Waals surface area (Å²) < 4.78 is 27.7. The fourth-order valence-corrected chi connectivity index (χ4v) is 3.28. The molecule has 1 rings (SSSR count). The van der Waals surface area contributed by atoms with Crippen molar-refractivity contribution in [3.63, 3.8) is 0 Å². The predicted octanol–water partition coefficient (Wildman–Crippen LogP) is 2.28. The van der Waals surface area contributed by atoms with Gasteiger partial charge in [0.05, 0.1) is 12.7 Å². The standard InChI is InChI=1S/C11H21O5P/c1-9(2)16-11-6-10(4-5-15-11)7-17(13,8-12)14-3/h8-11H,4-7H2,1-3H3. The van der Waals surface area contributed by atoms with Crippen molar-refractivity contribution in [2.45, 2.75) is 39.1 Å². The summed E-state index contributed by atoms with van der Waals surface area (Å²) in [5, 5.41) is 0. The maximum atomic E-state index is 11.9. The maximum Gasteiger partial charge on any atom is 0.263 e. The molecular weight excluding hydrogens is 243 g/mol. The van der Waals surface area contributed by atoms with Crippen LogP contribution in [0.25, 0.3) is 0 Å². The molecule has 5 nitrogen and oxygen atoms in total. The second-order valence-corrected chi connectivity index (χ2v) is 6.97. The maximum absolute atomic E-state index is 11.9. The van der Waals surface area contributed by atoms with E-state index in [0.29, 0.717) is 19.1 Å². The molecule has 100 valence electrons. The number of carbonyl (C=O) groups excluding carboxylic acids is 1. The van der Waals surface area contributed by atoms with Crippen LogP contribution in [0.15, 0.2) is 0 Å². The van der Waals surface area contributed by atoms with Gasteiger partial charge in [-0.3, -0.25) is 9.36 Å². The highest BCUT2D eigenvalue weighted by molar-refractivity contribution is 7.73. The lowest BCUT2D eigenvalue weighted by Crippen LogP contribution is -2.31. The molecular formula is C11H21O5P. The van der Waals surface area contributed by atoms with Gasteiger partial charge in [0.25, 0.3) is 7.37 Å². The molecule has 0 saturated carbocycles. The molecule has 1 fully saturated rings. The van der Waals surface area contributed by atoms with E-state index in [4.69, 9.17) is 14.0 Å². The first-order chi connectivity index (χ1) is 7.99. The highest BCUT2D eigenvalue weighted by Crippen LogP contribution is 2.46. The van der Waals surface area contributed by atoms with Gasteiger partial charge in [-0.25, -0.2) is 0 Å². The van der Waals surface area contributed by atoms with Crippen LogP contribution in [0.3, 0.4) is 0 Å². The second-order valence-electron chi connectivity index (χ2n) is 4.57. The molecule has 17 heavy (non-hydrogen) atoms. The largest absolute Gasteiger partial charge is 0.353 e. The number of carbonyl (C=O) groups is 1. The molecule has 0 aliphatic carbocycles. The topological polar surface area (TPSA) is 61.8 Å². The van der Waals surface area contributed by atoms with Gasteiger partial charge < -0.3 is 14.0 Å². The lowest BCUT2D eigenvalue weighted by atomic mass is 10.0.